The summed E-state index contributed by atoms with van der Waals surface area (Å²) in [6.07, 6.45) is -1.13. The van der Waals surface area contributed by atoms with Crippen LogP contribution in [0.25, 0.3) is 0 Å². The minimum atomic E-state index is -2.56. The number of pyridine rings is 1. The number of rotatable bonds is 7. The molecule has 1 aromatic heterocycles. The van der Waals surface area contributed by atoms with Crippen molar-refractivity contribution in [3.05, 3.63) is 88.7 Å². The fraction of sp³-hybridized carbons (Fsp3) is 0.240. The quantitative estimate of drug-likeness (QED) is 0.374. The van der Waals surface area contributed by atoms with Crippen LogP contribution in [0.5, 0.6) is 11.5 Å². The Bertz CT molecular complexity index is 1180. The third-order valence-electron chi connectivity index (χ3n) is 5.54. The molecule has 170 valence electrons. The average Bonchev–Trinajstić information content (AvgIpc) is 3.14. The maximum Gasteiger partial charge on any atom is 0.362 e. The largest absolute Gasteiger partial charge is 0.487 e. The number of amides is 1. The van der Waals surface area contributed by atoms with Gasteiger partial charge in [-0.15, -0.1) is 0 Å². The number of aryl methyl sites for hydroxylation is 1. The van der Waals surface area contributed by atoms with Crippen LogP contribution in [-0.4, -0.2) is 34.8 Å². The summed E-state index contributed by atoms with van der Waals surface area (Å²) in [7, 11) is 0. The van der Waals surface area contributed by atoms with Crippen LogP contribution >= 0.6 is 0 Å². The lowest BCUT2D eigenvalue weighted by molar-refractivity contribution is 0.0701. The highest BCUT2D eigenvalue weighted by Crippen LogP contribution is 2.34. The molecule has 0 bridgehead atoms. The number of para-hydroxylation sites is 1. The number of ether oxygens (including phenoxy) is 2. The minimum Gasteiger partial charge on any atom is -0.487 e. The molecule has 1 amide bonds. The summed E-state index contributed by atoms with van der Waals surface area (Å²) in [4.78, 5) is 31.7. The third-order valence-corrected chi connectivity index (χ3v) is 5.54. The molecule has 4 rings (SSSR count). The van der Waals surface area contributed by atoms with Crippen molar-refractivity contribution in [3.63, 3.8) is 0 Å². The monoisotopic (exact) mass is 452 g/mol. The number of halogens is 2. The van der Waals surface area contributed by atoms with Crippen LogP contribution in [0.3, 0.4) is 0 Å². The van der Waals surface area contributed by atoms with Gasteiger partial charge in [0.2, 0.25) is 0 Å². The van der Waals surface area contributed by atoms with E-state index in [4.69, 9.17) is 9.47 Å². The molecule has 3 aromatic rings. The van der Waals surface area contributed by atoms with Crippen LogP contribution in [0, 0.1) is 6.92 Å². The summed E-state index contributed by atoms with van der Waals surface area (Å²) in [5.41, 5.74) is 2.54. The maximum atomic E-state index is 13.1. The van der Waals surface area contributed by atoms with E-state index in [1.807, 2.05) is 19.1 Å². The van der Waals surface area contributed by atoms with E-state index in [9.17, 15) is 18.4 Å². The second-order valence-electron chi connectivity index (χ2n) is 7.72. The number of fused-ring (bicyclic) bond motifs is 1. The second-order valence-corrected chi connectivity index (χ2v) is 7.72. The zero-order valence-electron chi connectivity index (χ0n) is 18.1. The van der Waals surface area contributed by atoms with E-state index in [0.29, 0.717) is 28.2 Å². The van der Waals surface area contributed by atoms with E-state index in [1.165, 1.54) is 6.20 Å². The smallest absolute Gasteiger partial charge is 0.362 e. The van der Waals surface area contributed by atoms with Crippen LogP contribution in [0.1, 0.15) is 50.5 Å². The summed E-state index contributed by atoms with van der Waals surface area (Å²) in [6, 6.07) is 15.1. The lowest BCUT2D eigenvalue weighted by Gasteiger charge is -2.25. The molecule has 0 N–H and O–H groups in total. The summed E-state index contributed by atoms with van der Waals surface area (Å²) in [6.45, 7) is 3.16. The number of carbonyl (C=O) groups excluding carboxylic acids is 2. The van der Waals surface area contributed by atoms with E-state index in [2.05, 4.69) is 4.98 Å². The van der Waals surface area contributed by atoms with Crippen molar-refractivity contribution in [1.82, 2.24) is 9.88 Å². The number of benzene rings is 2. The van der Waals surface area contributed by atoms with Crippen molar-refractivity contribution in [2.75, 3.05) is 6.61 Å². The molecule has 0 fully saturated rings. The Balaban J connectivity index is 1.54. The van der Waals surface area contributed by atoms with E-state index in [0.717, 1.165) is 5.56 Å². The molecule has 0 radical (unpaired) electrons. The van der Waals surface area contributed by atoms with E-state index >= 15 is 0 Å². The van der Waals surface area contributed by atoms with Crippen LogP contribution in [-0.2, 0) is 6.54 Å². The molecule has 0 aliphatic carbocycles. The van der Waals surface area contributed by atoms with E-state index in [1.54, 1.807) is 54.3 Å². The van der Waals surface area contributed by atoms with Crippen molar-refractivity contribution in [2.24, 2.45) is 0 Å². The molecule has 0 spiro atoms. The van der Waals surface area contributed by atoms with Gasteiger partial charge in [-0.3, -0.25) is 4.79 Å². The van der Waals surface area contributed by atoms with Crippen molar-refractivity contribution < 1.29 is 27.8 Å². The Labute approximate surface area is 189 Å². The Morgan fingerprint density at radius 1 is 1.15 bits per heavy atom. The molecule has 2 heterocycles. The molecular weight excluding hydrogens is 430 g/mol. The number of aromatic nitrogens is 1. The van der Waals surface area contributed by atoms with Crippen LogP contribution in [0.2, 0.25) is 0 Å². The van der Waals surface area contributed by atoms with Gasteiger partial charge in [0.05, 0.1) is 6.04 Å². The molecule has 0 saturated heterocycles. The standard InChI is InChI=1S/C25H22F2N2O4/c1-15-12-17(8-9-21(15)32-14-22(26)27)16(2)29-13-20-19(24(29)30)10-11-28-23(20)25(31)33-18-6-4-3-5-7-18/h3-12,16,22H,13-14H2,1-2H3. The number of esters is 1. The number of carbonyl (C=O) groups is 2. The molecule has 6 nitrogen and oxygen atoms in total. The van der Waals surface area contributed by atoms with Gasteiger partial charge < -0.3 is 14.4 Å². The predicted molar refractivity (Wildman–Crippen MR) is 117 cm³/mol. The Morgan fingerprint density at radius 2 is 1.91 bits per heavy atom. The zero-order chi connectivity index (χ0) is 23.5. The first-order valence-corrected chi connectivity index (χ1v) is 10.4. The fourth-order valence-corrected chi connectivity index (χ4v) is 3.81. The van der Waals surface area contributed by atoms with Crippen molar-refractivity contribution in [3.8, 4) is 11.5 Å². The Kier molecular flexibility index (Phi) is 6.35. The van der Waals surface area contributed by atoms with Gasteiger partial charge in [0.1, 0.15) is 18.1 Å². The molecule has 1 aliphatic rings. The molecule has 8 heteroatoms. The second kappa shape index (κ2) is 9.36. The number of nitrogens with zero attached hydrogens (tertiary/aromatic N) is 2. The summed E-state index contributed by atoms with van der Waals surface area (Å²) >= 11 is 0. The van der Waals surface area contributed by atoms with Crippen LogP contribution < -0.4 is 9.47 Å². The van der Waals surface area contributed by atoms with Gasteiger partial charge in [-0.1, -0.05) is 30.3 Å². The van der Waals surface area contributed by atoms with Gasteiger partial charge in [-0.2, -0.15) is 0 Å². The number of alkyl halides is 2. The van der Waals surface area contributed by atoms with Gasteiger partial charge in [0.25, 0.3) is 12.3 Å². The normalized spacial score (nSPS) is 13.7. The maximum absolute atomic E-state index is 13.1. The van der Waals surface area contributed by atoms with E-state index in [-0.39, 0.29) is 24.2 Å². The van der Waals surface area contributed by atoms with Gasteiger partial charge in [-0.25, -0.2) is 18.6 Å². The molecule has 1 atom stereocenters. The number of hydrogen-bond donors (Lipinski definition) is 0. The van der Waals surface area contributed by atoms with Crippen molar-refractivity contribution in [2.45, 2.75) is 32.9 Å². The first-order chi connectivity index (χ1) is 15.8. The van der Waals surface area contributed by atoms with Gasteiger partial charge in [-0.05, 0) is 49.2 Å². The third kappa shape index (κ3) is 4.69. The molecular formula is C25H22F2N2O4. The average molecular weight is 452 g/mol. The topological polar surface area (TPSA) is 68.7 Å². The predicted octanol–water partition coefficient (Wildman–Crippen LogP) is 4.97. The Hall–Kier alpha value is -3.81. The molecule has 1 unspecified atom stereocenters. The lowest BCUT2D eigenvalue weighted by Crippen LogP contribution is -2.27. The fourth-order valence-electron chi connectivity index (χ4n) is 3.81. The van der Waals surface area contributed by atoms with Gasteiger partial charge in [0, 0.05) is 23.9 Å². The SMILES string of the molecule is Cc1cc(C(C)N2Cc3c(ccnc3C(=O)Oc3ccccc3)C2=O)ccc1OCC(F)F. The van der Waals surface area contributed by atoms with E-state index < -0.39 is 19.0 Å². The van der Waals surface area contributed by atoms with Crippen molar-refractivity contribution in [1.29, 1.82) is 0 Å². The molecule has 1 aliphatic heterocycles. The van der Waals surface area contributed by atoms with Gasteiger partial charge >= 0.3 is 5.97 Å². The highest BCUT2D eigenvalue weighted by Gasteiger charge is 2.35. The van der Waals surface area contributed by atoms with Gasteiger partial charge in [0.15, 0.2) is 5.69 Å². The highest BCUT2D eigenvalue weighted by atomic mass is 19.3. The lowest BCUT2D eigenvalue weighted by atomic mass is 10.0. The molecule has 2 aromatic carbocycles. The molecule has 0 saturated carbocycles. The van der Waals surface area contributed by atoms with Crippen LogP contribution in [0.15, 0.2) is 60.8 Å². The van der Waals surface area contributed by atoms with Crippen LogP contribution in [0.4, 0.5) is 8.78 Å². The Morgan fingerprint density at radius 3 is 2.61 bits per heavy atom. The minimum absolute atomic E-state index is 0.103. The summed E-state index contributed by atoms with van der Waals surface area (Å²) in [5, 5.41) is 0. The summed E-state index contributed by atoms with van der Waals surface area (Å²) in [5.74, 6) is -0.0837. The highest BCUT2D eigenvalue weighted by molar-refractivity contribution is 6.02. The number of hydrogen-bond acceptors (Lipinski definition) is 5. The molecule has 33 heavy (non-hydrogen) atoms. The first kappa shape index (κ1) is 22.4. The summed E-state index contributed by atoms with van der Waals surface area (Å²) < 4.78 is 35.4. The zero-order valence-corrected chi connectivity index (χ0v) is 18.1. The van der Waals surface area contributed by atoms with Crippen molar-refractivity contribution >= 4 is 11.9 Å². The first-order valence-electron chi connectivity index (χ1n) is 10.4.